The Labute approximate surface area is 114 Å². The standard InChI is InChI=1S/C15H13BrN2/c1-11-2-4-12(5-3-11)8-15-17-10-14-9-13(16)6-7-18(14)15/h2-7,9-10H,8H2,1H3. The Bertz CT molecular complexity index is 683. The molecule has 0 aliphatic carbocycles. The number of hydrogen-bond donors (Lipinski definition) is 0. The molecule has 2 heterocycles. The second-order valence-electron chi connectivity index (χ2n) is 4.48. The number of imidazole rings is 1. The lowest BCUT2D eigenvalue weighted by Crippen LogP contribution is -1.96. The van der Waals surface area contributed by atoms with E-state index in [9.17, 15) is 0 Å². The van der Waals surface area contributed by atoms with Gasteiger partial charge in [0.1, 0.15) is 5.82 Å². The fourth-order valence-electron chi connectivity index (χ4n) is 2.05. The van der Waals surface area contributed by atoms with Crippen molar-refractivity contribution in [3.05, 3.63) is 70.2 Å². The van der Waals surface area contributed by atoms with Gasteiger partial charge in [-0.15, -0.1) is 0 Å². The van der Waals surface area contributed by atoms with E-state index in [0.29, 0.717) is 0 Å². The molecule has 0 saturated heterocycles. The predicted molar refractivity (Wildman–Crippen MR) is 76.9 cm³/mol. The number of hydrogen-bond acceptors (Lipinski definition) is 1. The number of fused-ring (bicyclic) bond motifs is 1. The molecule has 0 radical (unpaired) electrons. The van der Waals surface area contributed by atoms with Crippen molar-refractivity contribution in [3.63, 3.8) is 0 Å². The van der Waals surface area contributed by atoms with Crippen LogP contribution < -0.4 is 0 Å². The second kappa shape index (κ2) is 4.58. The second-order valence-corrected chi connectivity index (χ2v) is 5.39. The molecule has 2 aromatic heterocycles. The third kappa shape index (κ3) is 2.18. The molecule has 0 spiro atoms. The van der Waals surface area contributed by atoms with Crippen molar-refractivity contribution in [2.45, 2.75) is 13.3 Å². The summed E-state index contributed by atoms with van der Waals surface area (Å²) in [6.45, 7) is 2.10. The van der Waals surface area contributed by atoms with Crippen LogP contribution in [-0.2, 0) is 6.42 Å². The first-order chi connectivity index (χ1) is 8.72. The lowest BCUT2D eigenvalue weighted by molar-refractivity contribution is 0.960. The van der Waals surface area contributed by atoms with Gasteiger partial charge in [0.05, 0.1) is 11.7 Å². The van der Waals surface area contributed by atoms with E-state index in [1.165, 1.54) is 11.1 Å². The molecule has 0 unspecified atom stereocenters. The zero-order valence-corrected chi connectivity index (χ0v) is 11.7. The minimum atomic E-state index is 0.857. The fraction of sp³-hybridized carbons (Fsp3) is 0.133. The van der Waals surface area contributed by atoms with E-state index in [4.69, 9.17) is 0 Å². The summed E-state index contributed by atoms with van der Waals surface area (Å²) in [6.07, 6.45) is 4.82. The van der Waals surface area contributed by atoms with E-state index < -0.39 is 0 Å². The first-order valence-corrected chi connectivity index (χ1v) is 6.69. The lowest BCUT2D eigenvalue weighted by atomic mass is 10.1. The first kappa shape index (κ1) is 11.5. The van der Waals surface area contributed by atoms with Gasteiger partial charge in [0.15, 0.2) is 0 Å². The van der Waals surface area contributed by atoms with E-state index in [1.54, 1.807) is 0 Å². The van der Waals surface area contributed by atoms with Crippen molar-refractivity contribution in [2.75, 3.05) is 0 Å². The topological polar surface area (TPSA) is 17.3 Å². The first-order valence-electron chi connectivity index (χ1n) is 5.89. The van der Waals surface area contributed by atoms with Crippen LogP contribution in [0.3, 0.4) is 0 Å². The summed E-state index contributed by atoms with van der Waals surface area (Å²) in [7, 11) is 0. The highest BCUT2D eigenvalue weighted by Gasteiger charge is 2.04. The summed E-state index contributed by atoms with van der Waals surface area (Å²) < 4.78 is 3.21. The van der Waals surface area contributed by atoms with Crippen LogP contribution in [0.2, 0.25) is 0 Å². The Morgan fingerprint density at radius 2 is 1.94 bits per heavy atom. The van der Waals surface area contributed by atoms with Crippen molar-refractivity contribution < 1.29 is 0 Å². The van der Waals surface area contributed by atoms with Gasteiger partial charge in [0, 0.05) is 17.1 Å². The normalized spacial score (nSPS) is 11.0. The molecule has 18 heavy (non-hydrogen) atoms. The summed E-state index contributed by atoms with van der Waals surface area (Å²) in [4.78, 5) is 4.50. The molecule has 0 bridgehead atoms. The monoisotopic (exact) mass is 300 g/mol. The molecule has 3 aromatic rings. The lowest BCUT2D eigenvalue weighted by Gasteiger charge is -2.03. The van der Waals surface area contributed by atoms with E-state index >= 15 is 0 Å². The number of nitrogens with zero attached hydrogens (tertiary/aromatic N) is 2. The zero-order chi connectivity index (χ0) is 12.5. The summed E-state index contributed by atoms with van der Waals surface area (Å²) in [5, 5.41) is 0. The minimum absolute atomic E-state index is 0.857. The quantitative estimate of drug-likeness (QED) is 0.699. The van der Waals surface area contributed by atoms with Crippen molar-refractivity contribution in [3.8, 4) is 0 Å². The van der Waals surface area contributed by atoms with Gasteiger partial charge < -0.3 is 4.40 Å². The predicted octanol–water partition coefficient (Wildman–Crippen LogP) is 4.00. The van der Waals surface area contributed by atoms with Gasteiger partial charge in [0.25, 0.3) is 0 Å². The molecule has 0 fully saturated rings. The van der Waals surface area contributed by atoms with Gasteiger partial charge in [-0.2, -0.15) is 0 Å². The van der Waals surface area contributed by atoms with Crippen LogP contribution in [0, 0.1) is 6.92 Å². The molecule has 0 atom stereocenters. The van der Waals surface area contributed by atoms with E-state index in [2.05, 4.69) is 68.8 Å². The van der Waals surface area contributed by atoms with Crippen molar-refractivity contribution >= 4 is 21.4 Å². The summed E-state index contributed by atoms with van der Waals surface area (Å²) in [5.74, 6) is 1.07. The van der Waals surface area contributed by atoms with Crippen LogP contribution in [-0.4, -0.2) is 9.38 Å². The maximum atomic E-state index is 4.50. The minimum Gasteiger partial charge on any atom is -0.303 e. The number of halogens is 1. The number of pyridine rings is 1. The van der Waals surface area contributed by atoms with Gasteiger partial charge in [-0.05, 0) is 24.6 Å². The van der Waals surface area contributed by atoms with E-state index in [1.807, 2.05) is 12.3 Å². The number of aryl methyl sites for hydroxylation is 1. The van der Waals surface area contributed by atoms with Gasteiger partial charge in [-0.25, -0.2) is 4.98 Å². The fourth-order valence-corrected chi connectivity index (χ4v) is 2.40. The van der Waals surface area contributed by atoms with Gasteiger partial charge >= 0.3 is 0 Å². The molecule has 3 rings (SSSR count). The third-order valence-corrected chi connectivity index (χ3v) is 3.55. The van der Waals surface area contributed by atoms with Crippen LogP contribution in [0.15, 0.2) is 53.3 Å². The molecular weight excluding hydrogens is 288 g/mol. The molecule has 0 aliphatic rings. The number of aromatic nitrogens is 2. The highest BCUT2D eigenvalue weighted by Crippen LogP contribution is 2.16. The van der Waals surface area contributed by atoms with Crippen LogP contribution in [0.25, 0.3) is 5.52 Å². The third-order valence-electron chi connectivity index (χ3n) is 3.05. The van der Waals surface area contributed by atoms with Gasteiger partial charge in [0.2, 0.25) is 0 Å². The van der Waals surface area contributed by atoms with Gasteiger partial charge in [-0.1, -0.05) is 45.8 Å². The summed E-state index contributed by atoms with van der Waals surface area (Å²) >= 11 is 3.48. The molecule has 0 saturated carbocycles. The molecule has 2 nitrogen and oxygen atoms in total. The molecule has 1 aromatic carbocycles. The van der Waals surface area contributed by atoms with Crippen LogP contribution in [0.5, 0.6) is 0 Å². The summed E-state index contributed by atoms with van der Waals surface area (Å²) in [5.41, 5.74) is 3.69. The van der Waals surface area contributed by atoms with E-state index in [-0.39, 0.29) is 0 Å². The maximum Gasteiger partial charge on any atom is 0.117 e. The highest BCUT2D eigenvalue weighted by atomic mass is 79.9. The number of rotatable bonds is 2. The molecule has 0 aliphatic heterocycles. The Hall–Kier alpha value is -1.61. The van der Waals surface area contributed by atoms with Gasteiger partial charge in [-0.3, -0.25) is 0 Å². The Kier molecular flexibility index (Phi) is 2.92. The molecule has 3 heteroatoms. The molecule has 90 valence electrons. The van der Waals surface area contributed by atoms with Crippen LogP contribution in [0.1, 0.15) is 17.0 Å². The molecule has 0 N–H and O–H groups in total. The average molecular weight is 301 g/mol. The largest absolute Gasteiger partial charge is 0.303 e. The highest BCUT2D eigenvalue weighted by molar-refractivity contribution is 9.10. The Balaban J connectivity index is 1.97. The van der Waals surface area contributed by atoms with Crippen molar-refractivity contribution in [1.29, 1.82) is 0 Å². The van der Waals surface area contributed by atoms with Crippen LogP contribution >= 0.6 is 15.9 Å². The Morgan fingerprint density at radius 1 is 1.17 bits per heavy atom. The van der Waals surface area contributed by atoms with E-state index in [0.717, 1.165) is 22.2 Å². The summed E-state index contributed by atoms with van der Waals surface area (Å²) in [6, 6.07) is 12.7. The smallest absolute Gasteiger partial charge is 0.117 e. The average Bonchev–Trinajstić information content (AvgIpc) is 2.74. The van der Waals surface area contributed by atoms with Crippen molar-refractivity contribution in [2.24, 2.45) is 0 Å². The van der Waals surface area contributed by atoms with Crippen molar-refractivity contribution in [1.82, 2.24) is 9.38 Å². The maximum absolute atomic E-state index is 4.50. The molecular formula is C15H13BrN2. The zero-order valence-electron chi connectivity index (χ0n) is 10.1. The Morgan fingerprint density at radius 3 is 2.72 bits per heavy atom. The van der Waals surface area contributed by atoms with Crippen LogP contribution in [0.4, 0.5) is 0 Å². The molecule has 0 amide bonds. The number of benzene rings is 1. The SMILES string of the molecule is Cc1ccc(Cc2ncc3cc(Br)ccn23)cc1.